The van der Waals surface area contributed by atoms with Gasteiger partial charge in [0.25, 0.3) is 0 Å². The highest BCUT2D eigenvalue weighted by Crippen LogP contribution is 2.28. The fourth-order valence-electron chi connectivity index (χ4n) is 10.8. The molecular formula is C73H92N10O16. The third-order valence-electron chi connectivity index (χ3n) is 15.4. The predicted molar refractivity (Wildman–Crippen MR) is 368 cm³/mol. The van der Waals surface area contributed by atoms with E-state index in [2.05, 4.69) is 37.2 Å². The number of carboxylic acids is 1. The van der Waals surface area contributed by atoms with Gasteiger partial charge in [-0.1, -0.05) is 121 Å². The number of nitrogens with zero attached hydrogens (tertiary/aromatic N) is 2. The quantitative estimate of drug-likeness (QED) is 0.0161. The summed E-state index contributed by atoms with van der Waals surface area (Å²) < 4.78 is 29.4. The van der Waals surface area contributed by atoms with E-state index in [0.717, 1.165) is 10.5 Å². The summed E-state index contributed by atoms with van der Waals surface area (Å²) in [6.07, 6.45) is -3.08. The minimum atomic E-state index is -1.65. The van der Waals surface area contributed by atoms with Crippen molar-refractivity contribution in [2.45, 2.75) is 173 Å². The molecule has 8 amide bonds. The first-order valence-corrected chi connectivity index (χ1v) is 32.9. The molecule has 2 heterocycles. The minimum Gasteiger partial charge on any atom is -0.489 e. The van der Waals surface area contributed by atoms with Crippen LogP contribution in [-0.2, 0) is 73.6 Å². The Morgan fingerprint density at radius 2 is 1.08 bits per heavy atom. The van der Waals surface area contributed by atoms with E-state index in [1.54, 1.807) is 172 Å². The molecule has 0 spiro atoms. The molecule has 1 aliphatic rings. The van der Waals surface area contributed by atoms with Gasteiger partial charge in [-0.2, -0.15) is 0 Å². The number of ether oxygens (including phenoxy) is 5. The summed E-state index contributed by atoms with van der Waals surface area (Å²) in [6.45, 7) is 15.2. The molecule has 6 aromatic rings. The Labute approximate surface area is 576 Å². The van der Waals surface area contributed by atoms with E-state index < -0.39 is 126 Å². The van der Waals surface area contributed by atoms with Crippen LogP contribution in [-0.4, -0.2) is 154 Å². The average Bonchev–Trinajstić information content (AvgIpc) is 1.66. The van der Waals surface area contributed by atoms with Crippen LogP contribution in [0.4, 0.5) is 19.2 Å². The van der Waals surface area contributed by atoms with E-state index in [-0.39, 0.29) is 63.7 Å². The molecule has 26 heteroatoms. The largest absolute Gasteiger partial charge is 0.489 e. The van der Waals surface area contributed by atoms with E-state index in [0.29, 0.717) is 46.4 Å². The zero-order chi connectivity index (χ0) is 72.0. The summed E-state index contributed by atoms with van der Waals surface area (Å²) in [4.78, 5) is 141. The van der Waals surface area contributed by atoms with Gasteiger partial charge in [-0.3, -0.25) is 28.5 Å². The number of fused-ring (bicyclic) bond motifs is 1. The van der Waals surface area contributed by atoms with Crippen LogP contribution in [0, 0.1) is 0 Å². The van der Waals surface area contributed by atoms with Crippen LogP contribution in [0.15, 0.2) is 146 Å². The van der Waals surface area contributed by atoms with Gasteiger partial charge in [-0.15, -0.1) is 0 Å². The molecule has 1 aromatic heterocycles. The maximum Gasteiger partial charge on any atom is 0.419 e. The van der Waals surface area contributed by atoms with Gasteiger partial charge in [0.1, 0.15) is 65.5 Å². The molecule has 7 atom stereocenters. The van der Waals surface area contributed by atoms with Gasteiger partial charge in [-0.25, -0.2) is 24.0 Å². The first-order valence-electron chi connectivity index (χ1n) is 32.9. The number of amides is 8. The zero-order valence-electron chi connectivity index (χ0n) is 57.4. The van der Waals surface area contributed by atoms with E-state index in [1.165, 1.54) is 10.8 Å². The van der Waals surface area contributed by atoms with Crippen molar-refractivity contribution in [3.8, 4) is 5.75 Å². The third-order valence-corrected chi connectivity index (χ3v) is 15.4. The fraction of sp³-hybridized carbons (Fsp3) is 0.425. The second-order valence-corrected chi connectivity index (χ2v) is 27.1. The van der Waals surface area contributed by atoms with E-state index in [9.17, 15) is 38.7 Å². The molecule has 0 aliphatic carbocycles. The van der Waals surface area contributed by atoms with Gasteiger partial charge < -0.3 is 76.6 Å². The summed E-state index contributed by atoms with van der Waals surface area (Å²) in [5.74, 6) is -5.11. The van der Waals surface area contributed by atoms with Crippen molar-refractivity contribution in [3.05, 3.63) is 174 Å². The second-order valence-electron chi connectivity index (χ2n) is 27.1. The molecule has 26 nitrogen and oxygen atoms in total. The summed E-state index contributed by atoms with van der Waals surface area (Å²) >= 11 is 0. The number of carbonyl (C=O) groups excluding carboxylic acids is 9. The highest BCUT2D eigenvalue weighted by atomic mass is 16.6. The monoisotopic (exact) mass is 1360 g/mol. The van der Waals surface area contributed by atoms with Crippen molar-refractivity contribution >= 4 is 70.8 Å². The average molecular weight is 1370 g/mol. The number of aliphatic carboxylic acids is 1. The van der Waals surface area contributed by atoms with E-state index in [1.807, 2.05) is 30.3 Å². The standard InChI is InChI=1S/C73H92N10O16/c1-71(2,3)97-68(92)75-36-22-21-30-55(66(89)90)78-62(85)56(41-50-43-83(70(94)99-73(7,8)9)58-31-20-19-29-53(50)58)79-64(87)60(49-27-17-12-18-28-49)81-63(86)59-42-52(96-67(91)76-37-38-77-69(93)98-72(4,5)6)44-82(59)65(88)57(40-46-23-13-10-14-24-46)80-61(84)54(74)39-47-32-34-51(35-33-47)95-45-48-25-15-11-16-26-48/h10-20,23-29,31-35,43,52,54-57,59-60H,21-22,30,36-42,44-45,74H2,1-9H3,(H,75,92)(H,76,91)(H,77,93)(H,78,85)(H,79,87)(H,80,84)(H,81,86)(H,89,90)/t52?,54-,55-,56+,57-,59-,60+/m0/s1. The Hall–Kier alpha value is -10.5. The number of nitrogens with one attached hydrogen (secondary N) is 7. The lowest BCUT2D eigenvalue weighted by Crippen LogP contribution is -2.58. The lowest BCUT2D eigenvalue weighted by atomic mass is 10.0. The lowest BCUT2D eigenvalue weighted by Gasteiger charge is -2.30. The molecule has 1 unspecified atom stereocenters. The maximum absolute atomic E-state index is 15.4. The molecule has 1 aliphatic heterocycles. The van der Waals surface area contributed by atoms with Gasteiger partial charge in [0.2, 0.25) is 29.5 Å². The van der Waals surface area contributed by atoms with E-state index >= 15 is 14.4 Å². The van der Waals surface area contributed by atoms with Gasteiger partial charge in [0.15, 0.2) is 0 Å². The van der Waals surface area contributed by atoms with Gasteiger partial charge in [-0.05, 0) is 134 Å². The number of aromatic nitrogens is 1. The number of carbonyl (C=O) groups is 10. The number of rotatable bonds is 29. The van der Waals surface area contributed by atoms with Crippen molar-refractivity contribution in [1.82, 2.24) is 46.7 Å². The Kier molecular flexibility index (Phi) is 26.9. The lowest BCUT2D eigenvalue weighted by molar-refractivity contribution is -0.143. The summed E-state index contributed by atoms with van der Waals surface area (Å²) in [5.41, 5.74) is 7.41. The Bertz CT molecular complexity index is 3740. The number of hydrogen-bond acceptors (Lipinski definition) is 16. The minimum absolute atomic E-state index is 0.0561. The Morgan fingerprint density at radius 3 is 1.69 bits per heavy atom. The van der Waals surface area contributed by atoms with Crippen LogP contribution < -0.4 is 47.7 Å². The van der Waals surface area contributed by atoms with Crippen LogP contribution in [0.5, 0.6) is 5.75 Å². The molecule has 530 valence electrons. The molecule has 5 aromatic carbocycles. The van der Waals surface area contributed by atoms with Crippen LogP contribution in [0.1, 0.15) is 122 Å². The van der Waals surface area contributed by atoms with E-state index in [4.69, 9.17) is 29.4 Å². The highest BCUT2D eigenvalue weighted by Gasteiger charge is 2.45. The van der Waals surface area contributed by atoms with Crippen LogP contribution in [0.3, 0.4) is 0 Å². The number of nitrogens with two attached hydrogens (primary N) is 1. The molecule has 99 heavy (non-hydrogen) atoms. The van der Waals surface area contributed by atoms with Crippen LogP contribution >= 0.6 is 0 Å². The Balaban J connectivity index is 1.17. The van der Waals surface area contributed by atoms with Crippen LogP contribution in [0.25, 0.3) is 10.9 Å². The van der Waals surface area contributed by atoms with Crippen molar-refractivity contribution in [3.63, 3.8) is 0 Å². The number of benzene rings is 5. The first-order chi connectivity index (χ1) is 46.9. The van der Waals surface area contributed by atoms with Gasteiger partial charge in [0, 0.05) is 50.5 Å². The number of hydrogen-bond donors (Lipinski definition) is 9. The Morgan fingerprint density at radius 1 is 0.545 bits per heavy atom. The molecule has 1 fully saturated rings. The number of para-hydroxylation sites is 1. The molecule has 0 radical (unpaired) electrons. The van der Waals surface area contributed by atoms with Crippen molar-refractivity contribution < 1.29 is 76.7 Å². The summed E-state index contributed by atoms with van der Waals surface area (Å²) in [5, 5.41) is 29.7. The SMILES string of the molecule is CC(C)(C)OC(=O)NCCCC[C@H](NC(=O)[C@@H](Cc1cn(C(=O)OC(C)(C)C)c2ccccc12)NC(=O)[C@H](NC(=O)[C@@H]1CC(OC(=O)NCCNC(=O)OC(C)(C)C)CN1C(=O)[C@H](Cc1ccccc1)NC(=O)[C@@H](N)Cc1ccc(OCc2ccccc2)cc1)c1ccccc1)C(=O)O. The van der Waals surface area contributed by atoms with Crippen LogP contribution in [0.2, 0.25) is 0 Å². The zero-order valence-corrected chi connectivity index (χ0v) is 57.4. The smallest absolute Gasteiger partial charge is 0.419 e. The molecular weight excluding hydrogens is 1270 g/mol. The predicted octanol–water partition coefficient (Wildman–Crippen LogP) is 7.67. The summed E-state index contributed by atoms with van der Waals surface area (Å²) in [7, 11) is 0. The number of likely N-dealkylation sites (tertiary alicyclic amines) is 1. The third kappa shape index (κ3) is 24.5. The topological polar surface area (TPSA) is 355 Å². The van der Waals surface area contributed by atoms with Crippen molar-refractivity contribution in [1.29, 1.82) is 0 Å². The number of alkyl carbamates (subject to hydrolysis) is 3. The maximum atomic E-state index is 15.4. The molecule has 0 bridgehead atoms. The number of carboxylic acid groups (broad SMARTS) is 1. The molecule has 7 rings (SSSR count). The van der Waals surface area contributed by atoms with Gasteiger partial charge in [0.05, 0.1) is 18.1 Å². The molecule has 0 saturated carbocycles. The molecule has 1 saturated heterocycles. The first kappa shape index (κ1) is 75.9. The highest BCUT2D eigenvalue weighted by molar-refractivity contribution is 5.98. The normalized spacial score (nSPS) is 15.3. The second kappa shape index (κ2) is 35.1. The van der Waals surface area contributed by atoms with Crippen molar-refractivity contribution in [2.75, 3.05) is 26.2 Å². The molecule has 10 N–H and O–H groups in total. The number of unbranched alkanes of at least 4 members (excludes halogenated alkanes) is 1. The fourth-order valence-corrected chi connectivity index (χ4v) is 10.8. The van der Waals surface area contributed by atoms with Crippen molar-refractivity contribution in [2.24, 2.45) is 5.73 Å². The summed E-state index contributed by atoms with van der Waals surface area (Å²) in [6, 6.07) is 31.4. The van der Waals surface area contributed by atoms with Gasteiger partial charge >= 0.3 is 30.3 Å².